The van der Waals surface area contributed by atoms with E-state index in [9.17, 15) is 40.7 Å². The Labute approximate surface area is 268 Å². The Morgan fingerprint density at radius 3 is 2.04 bits per heavy atom. The van der Waals surface area contributed by atoms with E-state index < -0.39 is 73.8 Å². The molecule has 0 aliphatic carbocycles. The predicted octanol–water partition coefficient (Wildman–Crippen LogP) is 4.36. The van der Waals surface area contributed by atoms with Crippen molar-refractivity contribution in [1.82, 2.24) is 15.5 Å². The molecule has 0 unspecified atom stereocenters. The third kappa shape index (κ3) is 10.0. The highest BCUT2D eigenvalue weighted by atomic mass is 19.4. The summed E-state index contributed by atoms with van der Waals surface area (Å²) < 4.78 is 80.5. The van der Waals surface area contributed by atoms with Crippen LogP contribution >= 0.6 is 0 Å². The van der Waals surface area contributed by atoms with Crippen LogP contribution in [-0.4, -0.2) is 79.7 Å². The van der Waals surface area contributed by atoms with Crippen LogP contribution < -0.4 is 21.3 Å². The Kier molecular flexibility index (Phi) is 11.7. The van der Waals surface area contributed by atoms with Crippen LogP contribution in [-0.2, 0) is 14.4 Å². The first-order valence-electron chi connectivity index (χ1n) is 15.3. The number of likely N-dealkylation sites (tertiary alicyclic amines) is 1. The van der Waals surface area contributed by atoms with E-state index in [-0.39, 0.29) is 12.7 Å². The van der Waals surface area contributed by atoms with Gasteiger partial charge in [-0.2, -0.15) is 26.3 Å². The van der Waals surface area contributed by atoms with Crippen LogP contribution in [0.5, 0.6) is 0 Å². The summed E-state index contributed by atoms with van der Waals surface area (Å²) in [4.78, 5) is 48.4. The van der Waals surface area contributed by atoms with Crippen molar-refractivity contribution in [2.24, 2.45) is 22.6 Å². The van der Waals surface area contributed by atoms with Gasteiger partial charge in [0.25, 0.3) is 5.91 Å². The van der Waals surface area contributed by atoms with Gasteiger partial charge in [0.1, 0.15) is 0 Å². The summed E-state index contributed by atoms with van der Waals surface area (Å²) in [7, 11) is 1.44. The van der Waals surface area contributed by atoms with E-state index in [0.29, 0.717) is 48.5 Å². The third-order valence-electron chi connectivity index (χ3n) is 8.42. The van der Waals surface area contributed by atoms with Crippen LogP contribution in [0.15, 0.2) is 59.6 Å². The highest BCUT2D eigenvalue weighted by molar-refractivity contribution is 6.20. The van der Waals surface area contributed by atoms with Crippen molar-refractivity contribution >= 4 is 29.1 Å². The summed E-state index contributed by atoms with van der Waals surface area (Å²) in [6.45, 7) is 0.943. The summed E-state index contributed by atoms with van der Waals surface area (Å²) in [6, 6.07) is 15.5. The number of aliphatic imine (C=N–C) groups is 1. The average molecular weight is 669 g/mol. The summed E-state index contributed by atoms with van der Waals surface area (Å²) >= 11 is 0. The first-order chi connectivity index (χ1) is 22.1. The number of benzodiazepines with no additional fused rings is 1. The van der Waals surface area contributed by atoms with Crippen molar-refractivity contribution < 1.29 is 40.7 Å². The van der Waals surface area contributed by atoms with Gasteiger partial charge in [-0.25, -0.2) is 4.99 Å². The smallest absolute Gasteiger partial charge is 0.343 e. The maximum atomic E-state index is 13.8. The number of benzene rings is 2. The second-order valence-electron chi connectivity index (χ2n) is 11.8. The lowest BCUT2D eigenvalue weighted by Crippen LogP contribution is -2.51. The van der Waals surface area contributed by atoms with Crippen LogP contribution in [0.25, 0.3) is 0 Å². The summed E-state index contributed by atoms with van der Waals surface area (Å²) in [5, 5.41) is 4.90. The lowest BCUT2D eigenvalue weighted by atomic mass is 9.83. The van der Waals surface area contributed by atoms with E-state index >= 15 is 0 Å². The number of fused-ring (bicyclic) bond motifs is 1. The Morgan fingerprint density at radius 1 is 0.894 bits per heavy atom. The zero-order chi connectivity index (χ0) is 34.4. The number of likely N-dealkylation sites (N-methyl/N-ethyl adjacent to an activating group) is 1. The van der Waals surface area contributed by atoms with Crippen LogP contribution in [0.2, 0.25) is 0 Å². The normalized spacial score (nSPS) is 19.3. The molecule has 15 heteroatoms. The molecule has 3 amide bonds. The van der Waals surface area contributed by atoms with Gasteiger partial charge in [0.15, 0.2) is 0 Å². The highest BCUT2D eigenvalue weighted by Crippen LogP contribution is 2.34. The number of hydrogen-bond acceptors (Lipinski definition) is 6. The minimum Gasteiger partial charge on any atom is -0.343 e. The fourth-order valence-corrected chi connectivity index (χ4v) is 5.78. The monoisotopic (exact) mass is 668 g/mol. The van der Waals surface area contributed by atoms with E-state index in [1.165, 1.54) is 11.9 Å². The molecular formula is C32H38F6N6O3. The molecule has 256 valence electrons. The van der Waals surface area contributed by atoms with E-state index in [1.807, 2.05) is 4.90 Å². The Balaban J connectivity index is 1.66. The van der Waals surface area contributed by atoms with Crippen molar-refractivity contribution in [2.75, 3.05) is 31.7 Å². The van der Waals surface area contributed by atoms with Gasteiger partial charge in [-0.3, -0.25) is 19.3 Å². The van der Waals surface area contributed by atoms with Crippen molar-refractivity contribution in [3.05, 3.63) is 65.7 Å². The SMILES string of the molecule is CN1C(=O)[C@@H](NC(=O)[C@@H](CCC(F)(F)F)[C@@H](CCC(F)(F)F)C(=O)NCN2CCC(N)CC2)N=C(c2ccccc2)c2ccccc21. The minimum absolute atomic E-state index is 0.0273. The molecule has 0 saturated carbocycles. The quantitative estimate of drug-likeness (QED) is 0.308. The van der Waals surface area contributed by atoms with Crippen LogP contribution in [0.3, 0.4) is 0 Å². The van der Waals surface area contributed by atoms with Gasteiger partial charge in [0, 0.05) is 62.0 Å². The lowest BCUT2D eigenvalue weighted by Gasteiger charge is -2.32. The number of nitrogens with zero attached hydrogens (tertiary/aromatic N) is 3. The molecule has 4 N–H and O–H groups in total. The number of nitrogens with two attached hydrogens (primary N) is 1. The van der Waals surface area contributed by atoms with E-state index in [4.69, 9.17) is 5.73 Å². The van der Waals surface area contributed by atoms with Gasteiger partial charge in [0.05, 0.1) is 18.1 Å². The number of carbonyl (C=O) groups excluding carboxylic acids is 3. The maximum Gasteiger partial charge on any atom is 0.389 e. The Bertz CT molecular complexity index is 1430. The maximum absolute atomic E-state index is 13.8. The molecule has 4 rings (SSSR count). The Hall–Kier alpha value is -3.98. The third-order valence-corrected chi connectivity index (χ3v) is 8.42. The summed E-state index contributed by atoms with van der Waals surface area (Å²) in [5.74, 6) is -6.54. The van der Waals surface area contributed by atoms with Gasteiger partial charge in [-0.1, -0.05) is 48.5 Å². The van der Waals surface area contributed by atoms with Gasteiger partial charge in [0.2, 0.25) is 18.0 Å². The van der Waals surface area contributed by atoms with Gasteiger partial charge < -0.3 is 21.3 Å². The first kappa shape index (κ1) is 35.9. The molecule has 2 aliphatic rings. The molecule has 3 atom stereocenters. The fraction of sp³-hybridized carbons (Fsp3) is 0.500. The number of piperidine rings is 1. The second-order valence-corrected chi connectivity index (χ2v) is 11.8. The molecule has 2 aliphatic heterocycles. The first-order valence-corrected chi connectivity index (χ1v) is 15.3. The van der Waals surface area contributed by atoms with E-state index in [0.717, 1.165) is 0 Å². The number of carbonyl (C=O) groups is 3. The van der Waals surface area contributed by atoms with Crippen LogP contribution in [0.1, 0.15) is 49.7 Å². The van der Waals surface area contributed by atoms with Gasteiger partial charge in [-0.15, -0.1) is 0 Å². The lowest BCUT2D eigenvalue weighted by molar-refractivity contribution is -0.153. The molecule has 0 aromatic heterocycles. The molecular weight excluding hydrogens is 630 g/mol. The summed E-state index contributed by atoms with van der Waals surface area (Å²) in [5.41, 5.74) is 7.78. The second kappa shape index (κ2) is 15.3. The molecule has 1 saturated heterocycles. The van der Waals surface area contributed by atoms with Crippen molar-refractivity contribution in [1.29, 1.82) is 0 Å². The molecule has 0 radical (unpaired) electrons. The number of nitrogens with one attached hydrogen (secondary N) is 2. The molecule has 2 aromatic rings. The van der Waals surface area contributed by atoms with Gasteiger partial charge in [-0.05, 0) is 31.7 Å². The number of anilines is 1. The Morgan fingerprint density at radius 2 is 1.45 bits per heavy atom. The number of hydrogen-bond donors (Lipinski definition) is 3. The van der Waals surface area contributed by atoms with E-state index in [1.54, 1.807) is 54.6 Å². The van der Waals surface area contributed by atoms with E-state index in [2.05, 4.69) is 15.6 Å². The van der Waals surface area contributed by atoms with Crippen molar-refractivity contribution in [3.8, 4) is 0 Å². The largest absolute Gasteiger partial charge is 0.389 e. The molecule has 9 nitrogen and oxygen atoms in total. The standard InChI is InChI=1S/C32H38F6N6O3/c1-43-25-10-6-5-9-24(25)26(20-7-3-2-4-8-20)41-27(30(43)47)42-29(46)23(12-16-32(36,37)38)22(11-15-31(33,34)35)28(45)40-19-44-17-13-21(39)14-18-44/h2-10,21-23,27H,11-19,39H2,1H3,(H,40,45)(H,42,46)/t22-,23+,27-/m1/s1. The zero-order valence-corrected chi connectivity index (χ0v) is 25.8. The molecule has 0 bridgehead atoms. The number of amides is 3. The molecule has 2 heterocycles. The fourth-order valence-electron chi connectivity index (χ4n) is 5.78. The molecule has 1 fully saturated rings. The molecule has 0 spiro atoms. The minimum atomic E-state index is -4.77. The summed E-state index contributed by atoms with van der Waals surface area (Å²) in [6.07, 6.45) is -14.8. The average Bonchev–Trinajstić information content (AvgIpc) is 3.12. The highest BCUT2D eigenvalue weighted by Gasteiger charge is 2.42. The predicted molar refractivity (Wildman–Crippen MR) is 163 cm³/mol. The van der Waals surface area contributed by atoms with Gasteiger partial charge >= 0.3 is 12.4 Å². The number of halogens is 6. The number of alkyl halides is 6. The molecule has 2 aromatic carbocycles. The number of rotatable bonds is 11. The molecule has 47 heavy (non-hydrogen) atoms. The van der Waals surface area contributed by atoms with Crippen molar-refractivity contribution in [2.45, 2.75) is 63.1 Å². The zero-order valence-electron chi connectivity index (χ0n) is 25.8. The topological polar surface area (TPSA) is 120 Å². The van der Waals surface area contributed by atoms with Crippen molar-refractivity contribution in [3.63, 3.8) is 0 Å². The van der Waals surface area contributed by atoms with Crippen LogP contribution in [0.4, 0.5) is 32.0 Å². The number of para-hydroxylation sites is 1. The van der Waals surface area contributed by atoms with Crippen LogP contribution in [0, 0.1) is 11.8 Å².